The van der Waals surface area contributed by atoms with E-state index in [0.717, 1.165) is 25.2 Å². The second kappa shape index (κ2) is 5.38. The van der Waals surface area contributed by atoms with Gasteiger partial charge in [-0.2, -0.15) is 11.8 Å². The van der Waals surface area contributed by atoms with Crippen molar-refractivity contribution in [3.8, 4) is 0 Å². The first-order chi connectivity index (χ1) is 6.86. The number of thioether (sulfide) groups is 1. The Morgan fingerprint density at radius 3 is 2.71 bits per heavy atom. The molecular weight excluding hydrogens is 194 g/mol. The van der Waals surface area contributed by atoms with Crippen LogP contribution in [0.3, 0.4) is 0 Å². The van der Waals surface area contributed by atoms with E-state index in [1.54, 1.807) is 0 Å². The zero-order valence-corrected chi connectivity index (χ0v) is 9.81. The summed E-state index contributed by atoms with van der Waals surface area (Å²) in [5, 5.41) is 3.77. The third kappa shape index (κ3) is 2.88. The van der Waals surface area contributed by atoms with Crippen molar-refractivity contribution >= 4 is 11.8 Å². The molecule has 0 aromatic heterocycles. The van der Waals surface area contributed by atoms with Crippen LogP contribution in [0.2, 0.25) is 0 Å². The van der Waals surface area contributed by atoms with Crippen LogP contribution < -0.4 is 5.32 Å². The van der Waals surface area contributed by atoms with E-state index in [1.807, 2.05) is 0 Å². The third-order valence-corrected chi connectivity index (χ3v) is 4.56. The van der Waals surface area contributed by atoms with Crippen molar-refractivity contribution in [3.63, 3.8) is 0 Å². The highest BCUT2D eigenvalue weighted by atomic mass is 32.2. The minimum atomic E-state index is 0.683. The monoisotopic (exact) mass is 215 g/mol. The molecule has 2 rings (SSSR count). The maximum atomic E-state index is 5.39. The average Bonchev–Trinajstić information content (AvgIpc) is 2.72. The number of nitrogens with one attached hydrogen (secondary N) is 1. The quantitative estimate of drug-likeness (QED) is 0.777. The number of ether oxygens (including phenoxy) is 1. The van der Waals surface area contributed by atoms with Crippen LogP contribution in [0.15, 0.2) is 0 Å². The molecule has 2 atom stereocenters. The molecule has 0 radical (unpaired) electrons. The van der Waals surface area contributed by atoms with Crippen LogP contribution in [0.1, 0.15) is 26.2 Å². The van der Waals surface area contributed by atoms with Crippen molar-refractivity contribution in [3.05, 3.63) is 0 Å². The zero-order chi connectivity index (χ0) is 9.80. The van der Waals surface area contributed by atoms with Crippen molar-refractivity contribution in [1.29, 1.82) is 0 Å². The first kappa shape index (κ1) is 10.8. The normalized spacial score (nSPS) is 31.9. The summed E-state index contributed by atoms with van der Waals surface area (Å²) >= 11 is 2.08. The van der Waals surface area contributed by atoms with Gasteiger partial charge in [-0.15, -0.1) is 0 Å². The van der Waals surface area contributed by atoms with E-state index in [9.17, 15) is 0 Å². The molecule has 2 unspecified atom stereocenters. The number of hydrogen-bond donors (Lipinski definition) is 1. The van der Waals surface area contributed by atoms with Gasteiger partial charge >= 0.3 is 0 Å². The molecule has 2 aliphatic rings. The molecule has 2 fully saturated rings. The Labute approximate surface area is 91.2 Å². The Morgan fingerprint density at radius 2 is 2.07 bits per heavy atom. The Kier molecular flexibility index (Phi) is 4.14. The highest BCUT2D eigenvalue weighted by Gasteiger charge is 2.24. The Hall–Kier alpha value is 0.270. The van der Waals surface area contributed by atoms with Gasteiger partial charge in [-0.25, -0.2) is 0 Å². The Morgan fingerprint density at radius 1 is 1.29 bits per heavy atom. The van der Waals surface area contributed by atoms with Crippen LogP contribution >= 0.6 is 11.8 Å². The molecule has 82 valence electrons. The lowest BCUT2D eigenvalue weighted by Crippen LogP contribution is -2.42. The van der Waals surface area contributed by atoms with Crippen molar-refractivity contribution in [2.45, 2.75) is 38.3 Å². The molecule has 0 aliphatic carbocycles. The van der Waals surface area contributed by atoms with E-state index in [1.165, 1.54) is 30.8 Å². The predicted octanol–water partition coefficient (Wildman–Crippen LogP) is 1.90. The van der Waals surface area contributed by atoms with Crippen LogP contribution in [0.4, 0.5) is 0 Å². The third-order valence-electron chi connectivity index (χ3n) is 3.40. The smallest absolute Gasteiger partial charge is 0.0469 e. The molecule has 14 heavy (non-hydrogen) atoms. The topological polar surface area (TPSA) is 21.3 Å². The molecule has 2 saturated heterocycles. The first-order valence-corrected chi connectivity index (χ1v) is 6.93. The lowest BCUT2D eigenvalue weighted by molar-refractivity contribution is 0.0548. The molecular formula is C11H21NOS. The number of rotatable bonds is 3. The maximum Gasteiger partial charge on any atom is 0.0469 e. The van der Waals surface area contributed by atoms with Gasteiger partial charge in [0.25, 0.3) is 0 Å². The van der Waals surface area contributed by atoms with Crippen molar-refractivity contribution in [1.82, 2.24) is 5.32 Å². The largest absolute Gasteiger partial charge is 0.381 e. The van der Waals surface area contributed by atoms with Crippen molar-refractivity contribution < 1.29 is 4.74 Å². The fourth-order valence-corrected chi connectivity index (χ4v) is 3.55. The Balaban J connectivity index is 1.72. The molecule has 2 heterocycles. The summed E-state index contributed by atoms with van der Waals surface area (Å²) in [5.41, 5.74) is 0. The van der Waals surface area contributed by atoms with Crippen molar-refractivity contribution in [2.75, 3.05) is 24.7 Å². The second-order valence-corrected chi connectivity index (χ2v) is 5.62. The fourth-order valence-electron chi connectivity index (χ4n) is 2.39. The second-order valence-electron chi connectivity index (χ2n) is 4.47. The van der Waals surface area contributed by atoms with E-state index in [4.69, 9.17) is 4.74 Å². The van der Waals surface area contributed by atoms with E-state index in [0.29, 0.717) is 6.04 Å². The summed E-state index contributed by atoms with van der Waals surface area (Å²) < 4.78 is 5.39. The molecule has 3 heteroatoms. The molecule has 0 bridgehead atoms. The van der Waals surface area contributed by atoms with Gasteiger partial charge in [0, 0.05) is 31.1 Å². The summed E-state index contributed by atoms with van der Waals surface area (Å²) in [5.74, 6) is 3.50. The van der Waals surface area contributed by atoms with Crippen LogP contribution in [-0.4, -0.2) is 36.8 Å². The van der Waals surface area contributed by atoms with Crippen LogP contribution in [0, 0.1) is 5.92 Å². The van der Waals surface area contributed by atoms with Gasteiger partial charge < -0.3 is 10.1 Å². The van der Waals surface area contributed by atoms with E-state index in [-0.39, 0.29) is 0 Å². The first-order valence-electron chi connectivity index (χ1n) is 5.78. The molecule has 0 aromatic carbocycles. The SMILES string of the molecule is CC(NC1CCSC1)C1CCOCC1. The van der Waals surface area contributed by atoms with Gasteiger partial charge in [0.1, 0.15) is 0 Å². The van der Waals surface area contributed by atoms with E-state index >= 15 is 0 Å². The highest BCUT2D eigenvalue weighted by molar-refractivity contribution is 7.99. The number of hydrogen-bond acceptors (Lipinski definition) is 3. The van der Waals surface area contributed by atoms with E-state index in [2.05, 4.69) is 24.0 Å². The molecule has 0 saturated carbocycles. The molecule has 0 spiro atoms. The van der Waals surface area contributed by atoms with Gasteiger partial charge in [-0.05, 0) is 37.9 Å². The highest BCUT2D eigenvalue weighted by Crippen LogP contribution is 2.22. The van der Waals surface area contributed by atoms with Gasteiger partial charge in [-0.3, -0.25) is 0 Å². The summed E-state index contributed by atoms with van der Waals surface area (Å²) in [6.45, 7) is 4.28. The summed E-state index contributed by atoms with van der Waals surface area (Å²) in [6, 6.07) is 1.46. The average molecular weight is 215 g/mol. The summed E-state index contributed by atoms with van der Waals surface area (Å²) in [7, 11) is 0. The minimum absolute atomic E-state index is 0.683. The predicted molar refractivity (Wildman–Crippen MR) is 61.9 cm³/mol. The molecule has 2 nitrogen and oxygen atoms in total. The molecule has 0 amide bonds. The lowest BCUT2D eigenvalue weighted by Gasteiger charge is -2.30. The van der Waals surface area contributed by atoms with Gasteiger partial charge in [0.2, 0.25) is 0 Å². The zero-order valence-electron chi connectivity index (χ0n) is 9.00. The van der Waals surface area contributed by atoms with Gasteiger partial charge in [-0.1, -0.05) is 0 Å². The maximum absolute atomic E-state index is 5.39. The summed E-state index contributed by atoms with van der Waals surface area (Å²) in [4.78, 5) is 0. The van der Waals surface area contributed by atoms with Gasteiger partial charge in [0.15, 0.2) is 0 Å². The van der Waals surface area contributed by atoms with E-state index < -0.39 is 0 Å². The molecule has 2 aliphatic heterocycles. The minimum Gasteiger partial charge on any atom is -0.381 e. The standard InChI is InChI=1S/C11H21NOS/c1-9(10-2-5-13-6-3-10)12-11-4-7-14-8-11/h9-12H,2-8H2,1H3. The molecule has 0 aromatic rings. The van der Waals surface area contributed by atoms with Crippen LogP contribution in [-0.2, 0) is 4.74 Å². The Bertz CT molecular complexity index is 165. The van der Waals surface area contributed by atoms with Crippen molar-refractivity contribution in [2.24, 2.45) is 5.92 Å². The van der Waals surface area contributed by atoms with Gasteiger partial charge in [0.05, 0.1) is 0 Å². The summed E-state index contributed by atoms with van der Waals surface area (Å²) in [6.07, 6.45) is 3.85. The molecule has 1 N–H and O–H groups in total. The van der Waals surface area contributed by atoms with Crippen LogP contribution in [0.5, 0.6) is 0 Å². The fraction of sp³-hybridized carbons (Fsp3) is 1.00. The lowest BCUT2D eigenvalue weighted by atomic mass is 9.92. The van der Waals surface area contributed by atoms with Crippen LogP contribution in [0.25, 0.3) is 0 Å².